The van der Waals surface area contributed by atoms with E-state index in [0.29, 0.717) is 31.6 Å². The molecule has 1 amide bonds. The number of rotatable bonds is 8. The second-order valence-electron chi connectivity index (χ2n) is 6.49. The van der Waals surface area contributed by atoms with Crippen molar-refractivity contribution >= 4 is 17.7 Å². The van der Waals surface area contributed by atoms with Gasteiger partial charge in [0.1, 0.15) is 0 Å². The number of ketones is 1. The summed E-state index contributed by atoms with van der Waals surface area (Å²) in [5, 5.41) is 11.9. The largest absolute Gasteiger partial charge is 0.481 e. The predicted molar refractivity (Wildman–Crippen MR) is 92.6 cm³/mol. The second kappa shape index (κ2) is 8.76. The van der Waals surface area contributed by atoms with Gasteiger partial charge in [-0.2, -0.15) is 0 Å². The van der Waals surface area contributed by atoms with Crippen molar-refractivity contribution in [3.05, 3.63) is 35.4 Å². The minimum Gasteiger partial charge on any atom is -0.481 e. The Morgan fingerprint density at radius 3 is 2.32 bits per heavy atom. The molecule has 0 radical (unpaired) electrons. The van der Waals surface area contributed by atoms with Gasteiger partial charge in [0.2, 0.25) is 5.91 Å². The zero-order valence-corrected chi connectivity index (χ0v) is 14.5. The third kappa shape index (κ3) is 5.67. The Morgan fingerprint density at radius 1 is 1.12 bits per heavy atom. The smallest absolute Gasteiger partial charge is 0.305 e. The fourth-order valence-electron chi connectivity index (χ4n) is 3.05. The van der Waals surface area contributed by atoms with E-state index in [2.05, 4.69) is 5.32 Å². The van der Waals surface area contributed by atoms with Crippen LogP contribution in [0.1, 0.15) is 54.9 Å². The molecule has 1 aliphatic rings. The van der Waals surface area contributed by atoms with Crippen molar-refractivity contribution in [2.45, 2.75) is 51.0 Å². The Morgan fingerprint density at radius 2 is 1.76 bits per heavy atom. The molecule has 1 aromatic rings. The first-order chi connectivity index (χ1) is 11.9. The molecule has 1 aromatic carbocycles. The number of aliphatic carboxylic acids is 1. The zero-order valence-electron chi connectivity index (χ0n) is 14.5. The molecule has 0 atom stereocenters. The standard InChI is InChI=1S/C19H25NO5/c1-2-14-3-5-15(6-4-14)16(21)7-8-17(22)20-19(13-18(23)24)9-11-25-12-10-19/h3-6H,2,7-13H2,1H3,(H,20,22)(H,23,24). The summed E-state index contributed by atoms with van der Waals surface area (Å²) in [5.74, 6) is -1.33. The Balaban J connectivity index is 1.89. The van der Waals surface area contributed by atoms with Gasteiger partial charge in [-0.25, -0.2) is 0 Å². The maximum Gasteiger partial charge on any atom is 0.305 e. The highest BCUT2D eigenvalue weighted by molar-refractivity contribution is 5.98. The van der Waals surface area contributed by atoms with Crippen LogP contribution in [0, 0.1) is 0 Å². The summed E-state index contributed by atoms with van der Waals surface area (Å²) in [4.78, 5) is 35.6. The lowest BCUT2D eigenvalue weighted by Gasteiger charge is -2.36. The van der Waals surface area contributed by atoms with Crippen LogP contribution >= 0.6 is 0 Å². The van der Waals surface area contributed by atoms with Crippen molar-refractivity contribution in [1.82, 2.24) is 5.32 Å². The van der Waals surface area contributed by atoms with Crippen molar-refractivity contribution in [1.29, 1.82) is 0 Å². The molecule has 1 heterocycles. The zero-order chi connectivity index (χ0) is 18.3. The lowest BCUT2D eigenvalue weighted by atomic mass is 9.86. The summed E-state index contributed by atoms with van der Waals surface area (Å²) in [6.07, 6.45) is 1.88. The van der Waals surface area contributed by atoms with Crippen LogP contribution in [0.2, 0.25) is 0 Å². The molecule has 0 unspecified atom stereocenters. The van der Waals surface area contributed by atoms with Gasteiger partial charge in [-0.1, -0.05) is 31.2 Å². The maximum atomic E-state index is 12.2. The molecule has 2 rings (SSSR count). The molecule has 1 saturated heterocycles. The molecule has 136 valence electrons. The highest BCUT2D eigenvalue weighted by atomic mass is 16.5. The molecule has 1 fully saturated rings. The van der Waals surface area contributed by atoms with E-state index >= 15 is 0 Å². The molecule has 0 saturated carbocycles. The SMILES string of the molecule is CCc1ccc(C(=O)CCC(=O)NC2(CC(=O)O)CCOCC2)cc1. The molecule has 6 nitrogen and oxygen atoms in total. The van der Waals surface area contributed by atoms with Crippen molar-refractivity contribution in [3.8, 4) is 0 Å². The summed E-state index contributed by atoms with van der Waals surface area (Å²) >= 11 is 0. The normalized spacial score (nSPS) is 16.2. The average molecular weight is 347 g/mol. The van der Waals surface area contributed by atoms with Gasteiger partial charge in [-0.15, -0.1) is 0 Å². The van der Waals surface area contributed by atoms with Crippen LogP contribution in [0.25, 0.3) is 0 Å². The number of carboxylic acids is 1. The third-order valence-electron chi connectivity index (χ3n) is 4.61. The highest BCUT2D eigenvalue weighted by Gasteiger charge is 2.36. The van der Waals surface area contributed by atoms with Crippen LogP contribution in [-0.4, -0.2) is 41.5 Å². The predicted octanol–water partition coefficient (Wildman–Crippen LogP) is 2.35. The number of carboxylic acid groups (broad SMARTS) is 1. The van der Waals surface area contributed by atoms with Crippen LogP contribution < -0.4 is 5.32 Å². The second-order valence-corrected chi connectivity index (χ2v) is 6.49. The third-order valence-corrected chi connectivity index (χ3v) is 4.61. The minimum absolute atomic E-state index is 0.0522. The quantitative estimate of drug-likeness (QED) is 0.704. The molecular weight excluding hydrogens is 322 g/mol. The number of hydrogen-bond acceptors (Lipinski definition) is 4. The van der Waals surface area contributed by atoms with E-state index in [0.717, 1.165) is 12.0 Å². The van der Waals surface area contributed by atoms with Crippen LogP contribution in [-0.2, 0) is 20.7 Å². The van der Waals surface area contributed by atoms with E-state index in [1.807, 2.05) is 19.1 Å². The topological polar surface area (TPSA) is 92.7 Å². The van der Waals surface area contributed by atoms with E-state index in [9.17, 15) is 14.4 Å². The first-order valence-corrected chi connectivity index (χ1v) is 8.67. The number of nitrogens with one attached hydrogen (secondary N) is 1. The van der Waals surface area contributed by atoms with Gasteiger partial charge in [0, 0.05) is 31.6 Å². The van der Waals surface area contributed by atoms with Gasteiger partial charge >= 0.3 is 5.97 Å². The van der Waals surface area contributed by atoms with E-state index in [4.69, 9.17) is 9.84 Å². The number of carbonyl (C=O) groups excluding carboxylic acids is 2. The van der Waals surface area contributed by atoms with E-state index in [1.54, 1.807) is 12.1 Å². The van der Waals surface area contributed by atoms with E-state index < -0.39 is 11.5 Å². The Labute approximate surface area is 147 Å². The average Bonchev–Trinajstić information content (AvgIpc) is 2.59. The minimum atomic E-state index is -0.950. The van der Waals surface area contributed by atoms with Gasteiger partial charge in [0.15, 0.2) is 5.78 Å². The fourth-order valence-corrected chi connectivity index (χ4v) is 3.05. The Kier molecular flexibility index (Phi) is 6.70. The molecule has 25 heavy (non-hydrogen) atoms. The molecule has 0 bridgehead atoms. The molecule has 0 spiro atoms. The van der Waals surface area contributed by atoms with Crippen LogP contribution in [0.3, 0.4) is 0 Å². The van der Waals surface area contributed by atoms with Gasteiger partial charge < -0.3 is 15.2 Å². The summed E-state index contributed by atoms with van der Waals surface area (Å²) < 4.78 is 5.26. The number of carbonyl (C=O) groups is 3. The molecular formula is C19H25NO5. The molecule has 0 aromatic heterocycles. The van der Waals surface area contributed by atoms with Crippen molar-refractivity contribution in [3.63, 3.8) is 0 Å². The summed E-state index contributed by atoms with van der Waals surface area (Å²) in [6.45, 7) is 2.90. The van der Waals surface area contributed by atoms with Crippen molar-refractivity contribution in [2.75, 3.05) is 13.2 Å². The Bertz CT molecular complexity index is 617. The molecule has 2 N–H and O–H groups in total. The van der Waals surface area contributed by atoms with Gasteiger partial charge in [-0.3, -0.25) is 14.4 Å². The summed E-state index contributed by atoms with van der Waals surface area (Å²) in [5.41, 5.74) is 0.980. The number of hydrogen-bond donors (Lipinski definition) is 2. The van der Waals surface area contributed by atoms with Crippen molar-refractivity contribution < 1.29 is 24.2 Å². The fraction of sp³-hybridized carbons (Fsp3) is 0.526. The molecule has 6 heteroatoms. The van der Waals surface area contributed by atoms with Crippen LogP contribution in [0.15, 0.2) is 24.3 Å². The highest BCUT2D eigenvalue weighted by Crippen LogP contribution is 2.25. The summed E-state index contributed by atoms with van der Waals surface area (Å²) in [7, 11) is 0. The number of aryl methyl sites for hydroxylation is 1. The first-order valence-electron chi connectivity index (χ1n) is 8.67. The lowest BCUT2D eigenvalue weighted by Crippen LogP contribution is -2.53. The molecule has 0 aliphatic carbocycles. The van der Waals surface area contributed by atoms with Gasteiger partial charge in [-0.05, 0) is 24.8 Å². The Hall–Kier alpha value is -2.21. The monoisotopic (exact) mass is 347 g/mol. The van der Waals surface area contributed by atoms with Gasteiger partial charge in [0.25, 0.3) is 0 Å². The van der Waals surface area contributed by atoms with Crippen LogP contribution in [0.5, 0.6) is 0 Å². The number of ether oxygens (including phenoxy) is 1. The first kappa shape index (κ1) is 19.1. The summed E-state index contributed by atoms with van der Waals surface area (Å²) in [6, 6.07) is 7.39. The number of Topliss-reactive ketones (excluding diaryl/α,β-unsaturated/α-hetero) is 1. The number of amides is 1. The van der Waals surface area contributed by atoms with Crippen LogP contribution in [0.4, 0.5) is 0 Å². The maximum absolute atomic E-state index is 12.2. The molecule has 1 aliphatic heterocycles. The number of benzene rings is 1. The van der Waals surface area contributed by atoms with E-state index in [1.165, 1.54) is 0 Å². The van der Waals surface area contributed by atoms with Gasteiger partial charge in [0.05, 0.1) is 12.0 Å². The lowest BCUT2D eigenvalue weighted by molar-refractivity contribution is -0.140. The van der Waals surface area contributed by atoms with E-state index in [-0.39, 0.29) is 31.0 Å². The van der Waals surface area contributed by atoms with Crippen molar-refractivity contribution in [2.24, 2.45) is 0 Å².